The van der Waals surface area contributed by atoms with E-state index in [1.807, 2.05) is 30.3 Å². The molecule has 0 saturated carbocycles. The molecule has 0 unspecified atom stereocenters. The standard InChI is InChI=1S/C14H16N2O2/c1-18-13-6-3-2-5-11(13)12-8-9-15-14(16-12)7-4-10-17/h2-3,5-6,8-9,17H,4,7,10H2,1H3. The topological polar surface area (TPSA) is 55.2 Å². The number of aryl methyl sites for hydroxylation is 1. The predicted octanol–water partition coefficient (Wildman–Crippen LogP) is 2.08. The van der Waals surface area contributed by atoms with E-state index in [2.05, 4.69) is 9.97 Å². The molecule has 1 N–H and O–H groups in total. The van der Waals surface area contributed by atoms with Crippen LogP contribution in [-0.2, 0) is 6.42 Å². The van der Waals surface area contributed by atoms with E-state index in [1.165, 1.54) is 0 Å². The first-order valence-electron chi connectivity index (χ1n) is 5.91. The van der Waals surface area contributed by atoms with Crippen LogP contribution in [0.1, 0.15) is 12.2 Å². The van der Waals surface area contributed by atoms with E-state index in [0.717, 1.165) is 22.8 Å². The third-order valence-electron chi connectivity index (χ3n) is 2.65. The van der Waals surface area contributed by atoms with Crippen molar-refractivity contribution in [2.75, 3.05) is 13.7 Å². The molecule has 0 spiro atoms. The fourth-order valence-corrected chi connectivity index (χ4v) is 1.76. The summed E-state index contributed by atoms with van der Waals surface area (Å²) in [7, 11) is 1.65. The summed E-state index contributed by atoms with van der Waals surface area (Å²) in [4.78, 5) is 8.68. The summed E-state index contributed by atoms with van der Waals surface area (Å²) in [5.41, 5.74) is 1.79. The van der Waals surface area contributed by atoms with Crippen LogP contribution in [0.15, 0.2) is 36.5 Å². The zero-order chi connectivity index (χ0) is 12.8. The van der Waals surface area contributed by atoms with Crippen molar-refractivity contribution in [3.63, 3.8) is 0 Å². The maximum Gasteiger partial charge on any atom is 0.129 e. The van der Waals surface area contributed by atoms with Gasteiger partial charge in [0.05, 0.1) is 12.8 Å². The highest BCUT2D eigenvalue weighted by Gasteiger charge is 2.07. The highest BCUT2D eigenvalue weighted by Crippen LogP contribution is 2.27. The molecule has 2 aromatic rings. The molecule has 0 bridgehead atoms. The molecule has 0 aliphatic rings. The Labute approximate surface area is 106 Å². The number of aliphatic hydroxyl groups is 1. The van der Waals surface area contributed by atoms with Crippen molar-refractivity contribution in [2.45, 2.75) is 12.8 Å². The Morgan fingerprint density at radius 2 is 2.06 bits per heavy atom. The normalized spacial score (nSPS) is 10.3. The molecule has 0 aliphatic heterocycles. The van der Waals surface area contributed by atoms with E-state index in [4.69, 9.17) is 9.84 Å². The van der Waals surface area contributed by atoms with Crippen LogP contribution in [0.5, 0.6) is 5.75 Å². The Bertz CT molecular complexity index is 515. The molecule has 18 heavy (non-hydrogen) atoms. The molecule has 4 heteroatoms. The first-order valence-corrected chi connectivity index (χ1v) is 5.91. The number of aromatic nitrogens is 2. The van der Waals surface area contributed by atoms with Crippen molar-refractivity contribution in [1.82, 2.24) is 9.97 Å². The van der Waals surface area contributed by atoms with Crippen molar-refractivity contribution in [1.29, 1.82) is 0 Å². The lowest BCUT2D eigenvalue weighted by molar-refractivity contribution is 0.287. The number of para-hydroxylation sites is 1. The molecule has 0 atom stereocenters. The van der Waals surface area contributed by atoms with Crippen molar-refractivity contribution >= 4 is 0 Å². The number of nitrogens with zero attached hydrogens (tertiary/aromatic N) is 2. The summed E-state index contributed by atoms with van der Waals surface area (Å²) >= 11 is 0. The largest absolute Gasteiger partial charge is 0.496 e. The Morgan fingerprint density at radius 1 is 1.22 bits per heavy atom. The Balaban J connectivity index is 2.32. The lowest BCUT2D eigenvalue weighted by Gasteiger charge is -2.08. The minimum absolute atomic E-state index is 0.155. The van der Waals surface area contributed by atoms with Crippen LogP contribution >= 0.6 is 0 Å². The molecule has 0 saturated heterocycles. The van der Waals surface area contributed by atoms with Crippen molar-refractivity contribution in [3.8, 4) is 17.0 Å². The van der Waals surface area contributed by atoms with Crippen LogP contribution in [0.25, 0.3) is 11.3 Å². The molecular weight excluding hydrogens is 228 g/mol. The molecule has 94 valence electrons. The lowest BCUT2D eigenvalue weighted by atomic mass is 10.1. The van der Waals surface area contributed by atoms with Gasteiger partial charge >= 0.3 is 0 Å². The van der Waals surface area contributed by atoms with Gasteiger partial charge in [0, 0.05) is 24.8 Å². The molecule has 2 rings (SSSR count). The smallest absolute Gasteiger partial charge is 0.129 e. The summed E-state index contributed by atoms with van der Waals surface area (Å²) in [6.07, 6.45) is 3.09. The third kappa shape index (κ3) is 2.84. The van der Waals surface area contributed by atoms with Crippen LogP contribution in [0.3, 0.4) is 0 Å². The highest BCUT2D eigenvalue weighted by molar-refractivity contribution is 5.66. The van der Waals surface area contributed by atoms with Gasteiger partial charge in [-0.1, -0.05) is 12.1 Å². The molecule has 0 amide bonds. The van der Waals surface area contributed by atoms with Gasteiger partial charge in [-0.3, -0.25) is 0 Å². The first kappa shape index (κ1) is 12.5. The zero-order valence-corrected chi connectivity index (χ0v) is 10.3. The van der Waals surface area contributed by atoms with Gasteiger partial charge < -0.3 is 9.84 Å². The minimum Gasteiger partial charge on any atom is -0.496 e. The number of methoxy groups -OCH3 is 1. The van der Waals surface area contributed by atoms with Crippen LogP contribution < -0.4 is 4.74 Å². The number of aliphatic hydroxyl groups excluding tert-OH is 1. The molecule has 0 radical (unpaired) electrons. The molecule has 1 aromatic carbocycles. The number of hydrogen-bond donors (Lipinski definition) is 1. The van der Waals surface area contributed by atoms with Crippen molar-refractivity contribution < 1.29 is 9.84 Å². The van der Waals surface area contributed by atoms with Gasteiger partial charge in [-0.25, -0.2) is 9.97 Å². The number of benzene rings is 1. The number of hydrogen-bond acceptors (Lipinski definition) is 4. The van der Waals surface area contributed by atoms with E-state index in [0.29, 0.717) is 12.8 Å². The van der Waals surface area contributed by atoms with E-state index in [1.54, 1.807) is 13.3 Å². The second kappa shape index (κ2) is 6.12. The van der Waals surface area contributed by atoms with Crippen molar-refractivity contribution in [2.24, 2.45) is 0 Å². The Morgan fingerprint density at radius 3 is 2.83 bits per heavy atom. The molecule has 0 fully saturated rings. The average molecular weight is 244 g/mol. The van der Waals surface area contributed by atoms with Crippen LogP contribution in [-0.4, -0.2) is 28.8 Å². The summed E-state index contributed by atoms with van der Waals surface area (Å²) < 4.78 is 5.32. The van der Waals surface area contributed by atoms with Gasteiger partial charge in [-0.2, -0.15) is 0 Å². The van der Waals surface area contributed by atoms with Gasteiger partial charge in [0.2, 0.25) is 0 Å². The quantitative estimate of drug-likeness (QED) is 0.874. The van der Waals surface area contributed by atoms with Gasteiger partial charge in [0.15, 0.2) is 0 Å². The third-order valence-corrected chi connectivity index (χ3v) is 2.65. The van der Waals surface area contributed by atoms with Gasteiger partial charge in [0.1, 0.15) is 11.6 Å². The number of rotatable bonds is 5. The second-order valence-electron chi connectivity index (χ2n) is 3.89. The SMILES string of the molecule is COc1ccccc1-c1ccnc(CCCO)n1. The van der Waals surface area contributed by atoms with Crippen LogP contribution in [0.2, 0.25) is 0 Å². The molecular formula is C14H16N2O2. The van der Waals surface area contributed by atoms with Crippen LogP contribution in [0, 0.1) is 0 Å². The summed E-state index contributed by atoms with van der Waals surface area (Å²) in [5, 5.41) is 8.82. The van der Waals surface area contributed by atoms with Crippen molar-refractivity contribution in [3.05, 3.63) is 42.4 Å². The predicted molar refractivity (Wildman–Crippen MR) is 69.4 cm³/mol. The molecule has 1 heterocycles. The Hall–Kier alpha value is -1.94. The van der Waals surface area contributed by atoms with Gasteiger partial charge in [-0.15, -0.1) is 0 Å². The maximum absolute atomic E-state index is 8.82. The first-order chi connectivity index (χ1) is 8.85. The summed E-state index contributed by atoms with van der Waals surface area (Å²) in [6.45, 7) is 0.155. The fraction of sp³-hybridized carbons (Fsp3) is 0.286. The number of ether oxygens (including phenoxy) is 1. The van der Waals surface area contributed by atoms with Gasteiger partial charge in [-0.05, 0) is 24.6 Å². The second-order valence-corrected chi connectivity index (χ2v) is 3.89. The fourth-order valence-electron chi connectivity index (χ4n) is 1.76. The molecule has 0 aliphatic carbocycles. The summed E-state index contributed by atoms with van der Waals surface area (Å²) in [5.74, 6) is 1.54. The van der Waals surface area contributed by atoms with E-state index >= 15 is 0 Å². The molecule has 4 nitrogen and oxygen atoms in total. The highest BCUT2D eigenvalue weighted by atomic mass is 16.5. The summed E-state index contributed by atoms with van der Waals surface area (Å²) in [6, 6.07) is 9.62. The van der Waals surface area contributed by atoms with E-state index < -0.39 is 0 Å². The maximum atomic E-state index is 8.82. The Kier molecular flexibility index (Phi) is 4.25. The lowest BCUT2D eigenvalue weighted by Crippen LogP contribution is -1.99. The van der Waals surface area contributed by atoms with Gasteiger partial charge in [0.25, 0.3) is 0 Å². The average Bonchev–Trinajstić information content (AvgIpc) is 2.45. The van der Waals surface area contributed by atoms with E-state index in [9.17, 15) is 0 Å². The molecule has 1 aromatic heterocycles. The monoisotopic (exact) mass is 244 g/mol. The van der Waals surface area contributed by atoms with Crippen LogP contribution in [0.4, 0.5) is 0 Å². The zero-order valence-electron chi connectivity index (χ0n) is 10.3. The minimum atomic E-state index is 0.155. The van der Waals surface area contributed by atoms with E-state index in [-0.39, 0.29) is 6.61 Å².